The largest absolute Gasteiger partial charge is 0.494 e. The summed E-state index contributed by atoms with van der Waals surface area (Å²) in [6, 6.07) is 16.3. The zero-order valence-corrected chi connectivity index (χ0v) is 26.9. The molecule has 10 nitrogen and oxygen atoms in total. The third-order valence-corrected chi connectivity index (χ3v) is 9.43. The Morgan fingerprint density at radius 3 is 2.36 bits per heavy atom. The van der Waals surface area contributed by atoms with Crippen LogP contribution in [0.5, 0.6) is 0 Å². The molecule has 2 fully saturated rings. The lowest BCUT2D eigenvalue weighted by Crippen LogP contribution is -2.41. The van der Waals surface area contributed by atoms with Gasteiger partial charge in [0.25, 0.3) is 5.91 Å². The van der Waals surface area contributed by atoms with Crippen LogP contribution in [0.25, 0.3) is 10.9 Å². The summed E-state index contributed by atoms with van der Waals surface area (Å²) in [6.07, 6.45) is 7.46. The molecule has 0 radical (unpaired) electrons. The van der Waals surface area contributed by atoms with Crippen LogP contribution in [0.1, 0.15) is 62.0 Å². The maximum atomic E-state index is 12.6. The molecule has 4 aromatic rings. The Morgan fingerprint density at radius 2 is 1.67 bits per heavy atom. The highest BCUT2D eigenvalue weighted by Gasteiger charge is 2.51. The number of hydrogen-bond acceptors (Lipinski definition) is 8. The number of rotatable bonds is 10. The second kappa shape index (κ2) is 12.9. The Balaban J connectivity index is 0.911. The minimum atomic E-state index is -0.414. The Hall–Kier alpha value is -3.77. The Morgan fingerprint density at radius 1 is 1.00 bits per heavy atom. The fourth-order valence-corrected chi connectivity index (χ4v) is 5.91. The molecule has 2 aliphatic heterocycles. The summed E-state index contributed by atoms with van der Waals surface area (Å²) in [4.78, 5) is 29.2. The standard InChI is InChI=1S/C34H43BN6O4/c1-33(2)34(3,4)45-35(44-33)28-12-10-25(11-13-28)23-43-39-31(42)26-20-37-32(38-21-26)41-16-14-24(15-17-41)18-36-19-27-22-40(5)30-9-7-6-8-29(27)30/h6-13,20-22,24,36H,14-19,23H2,1-5H3,(H,39,42). The van der Waals surface area contributed by atoms with Gasteiger partial charge in [0, 0.05) is 56.2 Å². The second-order valence-corrected chi connectivity index (χ2v) is 13.2. The number of carbonyl (C=O) groups is 1. The first kappa shape index (κ1) is 31.2. The maximum Gasteiger partial charge on any atom is 0.494 e. The number of nitrogens with one attached hydrogen (secondary N) is 2. The van der Waals surface area contributed by atoms with Crippen molar-refractivity contribution in [3.8, 4) is 0 Å². The number of nitrogens with zero attached hydrogens (tertiary/aromatic N) is 4. The van der Waals surface area contributed by atoms with Crippen molar-refractivity contribution in [3.05, 3.63) is 83.8 Å². The van der Waals surface area contributed by atoms with Gasteiger partial charge in [-0.2, -0.15) is 0 Å². The topological polar surface area (TPSA) is 103 Å². The molecule has 6 rings (SSSR count). The molecule has 2 N–H and O–H groups in total. The first-order valence-corrected chi connectivity index (χ1v) is 15.8. The molecule has 2 aromatic heterocycles. The van der Waals surface area contributed by atoms with Crippen molar-refractivity contribution in [2.75, 3.05) is 24.5 Å². The molecule has 0 spiro atoms. The number of carbonyl (C=O) groups excluding carboxylic acids is 1. The summed E-state index contributed by atoms with van der Waals surface area (Å²) in [7, 11) is 1.68. The fourth-order valence-electron chi connectivity index (χ4n) is 5.91. The van der Waals surface area contributed by atoms with Crippen molar-refractivity contribution < 1.29 is 18.9 Å². The molecular formula is C34H43BN6O4. The molecule has 0 unspecified atom stereocenters. The van der Waals surface area contributed by atoms with Gasteiger partial charge in [-0.1, -0.05) is 42.5 Å². The van der Waals surface area contributed by atoms with E-state index >= 15 is 0 Å². The highest BCUT2D eigenvalue weighted by atomic mass is 16.7. The van der Waals surface area contributed by atoms with E-state index in [1.807, 2.05) is 52.0 Å². The monoisotopic (exact) mass is 610 g/mol. The SMILES string of the molecule is Cn1cc(CNCC2CCN(c3ncc(C(=O)NOCc4ccc(B5OC(C)(C)C(C)(C)O5)cc4)cn3)CC2)c2ccccc21. The zero-order chi connectivity index (χ0) is 31.6. The molecule has 0 atom stereocenters. The Labute approximate surface area is 265 Å². The Bertz CT molecular complexity index is 1600. The number of hydroxylamine groups is 1. The number of piperidine rings is 1. The fraction of sp³-hybridized carbons (Fsp3) is 0.441. The van der Waals surface area contributed by atoms with Crippen molar-refractivity contribution in [1.29, 1.82) is 0 Å². The summed E-state index contributed by atoms with van der Waals surface area (Å²) < 4.78 is 14.4. The van der Waals surface area contributed by atoms with Crippen molar-refractivity contribution >= 4 is 35.3 Å². The summed E-state index contributed by atoms with van der Waals surface area (Å²) in [5, 5.41) is 4.98. The molecule has 2 aliphatic rings. The van der Waals surface area contributed by atoms with Crippen molar-refractivity contribution in [2.45, 2.75) is 64.9 Å². The average molecular weight is 611 g/mol. The lowest BCUT2D eigenvalue weighted by atomic mass is 9.79. The first-order chi connectivity index (χ1) is 21.6. The van der Waals surface area contributed by atoms with Gasteiger partial charge in [-0.3, -0.25) is 9.63 Å². The summed E-state index contributed by atoms with van der Waals surface area (Å²) in [6.45, 7) is 12.0. The molecule has 0 bridgehead atoms. The van der Waals surface area contributed by atoms with E-state index in [-0.39, 0.29) is 23.7 Å². The highest BCUT2D eigenvalue weighted by molar-refractivity contribution is 6.62. The molecule has 11 heteroatoms. The molecule has 1 amide bonds. The van der Waals surface area contributed by atoms with Gasteiger partial charge < -0.3 is 24.1 Å². The summed E-state index contributed by atoms with van der Waals surface area (Å²) in [5.74, 6) is 0.876. The smallest absolute Gasteiger partial charge is 0.399 e. The molecule has 4 heterocycles. The van der Waals surface area contributed by atoms with E-state index in [9.17, 15) is 4.79 Å². The number of aryl methyl sites for hydroxylation is 1. The van der Waals surface area contributed by atoms with Gasteiger partial charge in [0.15, 0.2) is 0 Å². The van der Waals surface area contributed by atoms with Gasteiger partial charge in [0.05, 0.1) is 23.4 Å². The lowest BCUT2D eigenvalue weighted by Gasteiger charge is -2.32. The highest BCUT2D eigenvalue weighted by Crippen LogP contribution is 2.36. The van der Waals surface area contributed by atoms with E-state index in [1.165, 1.54) is 16.5 Å². The first-order valence-electron chi connectivity index (χ1n) is 15.8. The van der Waals surface area contributed by atoms with Crippen LogP contribution in [0.15, 0.2) is 67.1 Å². The molecule has 236 valence electrons. The molecular weight excluding hydrogens is 567 g/mol. The second-order valence-electron chi connectivity index (χ2n) is 13.2. The summed E-state index contributed by atoms with van der Waals surface area (Å²) in [5.41, 5.74) is 6.52. The number of hydrogen-bond donors (Lipinski definition) is 2. The van der Waals surface area contributed by atoms with Crippen LogP contribution < -0.4 is 21.2 Å². The quantitative estimate of drug-likeness (QED) is 0.204. The number of amides is 1. The van der Waals surface area contributed by atoms with Crippen molar-refractivity contribution in [3.63, 3.8) is 0 Å². The predicted molar refractivity (Wildman–Crippen MR) is 176 cm³/mol. The van der Waals surface area contributed by atoms with E-state index in [1.54, 1.807) is 12.4 Å². The van der Waals surface area contributed by atoms with Crippen LogP contribution in [0.3, 0.4) is 0 Å². The van der Waals surface area contributed by atoms with Gasteiger partial charge in [0.2, 0.25) is 5.95 Å². The van der Waals surface area contributed by atoms with E-state index in [4.69, 9.17) is 14.1 Å². The Kier molecular flexibility index (Phi) is 8.97. The van der Waals surface area contributed by atoms with Crippen molar-refractivity contribution in [1.82, 2.24) is 25.3 Å². The van der Waals surface area contributed by atoms with Crippen LogP contribution in [0.4, 0.5) is 5.95 Å². The number of fused-ring (bicyclic) bond motifs is 1. The molecule has 45 heavy (non-hydrogen) atoms. The van der Waals surface area contributed by atoms with Gasteiger partial charge in [-0.25, -0.2) is 15.4 Å². The van der Waals surface area contributed by atoms with Crippen LogP contribution >= 0.6 is 0 Å². The minimum absolute atomic E-state index is 0.222. The molecule has 2 aromatic carbocycles. The van der Waals surface area contributed by atoms with Crippen LogP contribution in [0, 0.1) is 5.92 Å². The van der Waals surface area contributed by atoms with Crippen LogP contribution in [-0.4, -0.2) is 58.4 Å². The molecule has 0 aliphatic carbocycles. The van der Waals surface area contributed by atoms with Gasteiger partial charge in [-0.05, 0) is 75.7 Å². The van der Waals surface area contributed by atoms with E-state index < -0.39 is 7.12 Å². The maximum absolute atomic E-state index is 12.6. The van der Waals surface area contributed by atoms with Crippen molar-refractivity contribution in [2.24, 2.45) is 13.0 Å². The van der Waals surface area contributed by atoms with Gasteiger partial charge in [-0.15, -0.1) is 0 Å². The van der Waals surface area contributed by atoms with Crippen LogP contribution in [-0.2, 0) is 34.3 Å². The van der Waals surface area contributed by atoms with E-state index in [0.717, 1.165) is 50.0 Å². The lowest BCUT2D eigenvalue weighted by molar-refractivity contribution is 0.00578. The zero-order valence-electron chi connectivity index (χ0n) is 26.9. The summed E-state index contributed by atoms with van der Waals surface area (Å²) >= 11 is 0. The molecule has 0 saturated carbocycles. The third-order valence-electron chi connectivity index (χ3n) is 9.43. The average Bonchev–Trinajstić information content (AvgIpc) is 3.47. The van der Waals surface area contributed by atoms with E-state index in [0.29, 0.717) is 17.4 Å². The normalized spacial score (nSPS) is 18.1. The van der Waals surface area contributed by atoms with Crippen LogP contribution in [0.2, 0.25) is 0 Å². The van der Waals surface area contributed by atoms with Gasteiger partial charge in [0.1, 0.15) is 0 Å². The molecule has 2 saturated heterocycles. The number of aromatic nitrogens is 3. The number of anilines is 1. The minimum Gasteiger partial charge on any atom is -0.399 e. The number of benzene rings is 2. The number of para-hydroxylation sites is 1. The van der Waals surface area contributed by atoms with E-state index in [2.05, 4.69) is 67.7 Å². The van der Waals surface area contributed by atoms with Gasteiger partial charge >= 0.3 is 7.12 Å². The third kappa shape index (κ3) is 6.91. The predicted octanol–water partition coefficient (Wildman–Crippen LogP) is 4.14.